The van der Waals surface area contributed by atoms with Crippen molar-refractivity contribution in [2.75, 3.05) is 11.9 Å². The average molecular weight is 379 g/mol. The molecule has 146 valence electrons. The molecule has 3 aliphatic rings. The highest BCUT2D eigenvalue weighted by Crippen LogP contribution is 2.33. The number of hydrogen-bond donors (Lipinski definition) is 5. The predicted octanol–water partition coefficient (Wildman–Crippen LogP) is -0.779. The molecule has 0 radical (unpaired) electrons. The van der Waals surface area contributed by atoms with Gasteiger partial charge in [-0.3, -0.25) is 4.57 Å². The Hall–Kier alpha value is -2.60. The summed E-state index contributed by atoms with van der Waals surface area (Å²) in [6.07, 6.45) is -3.54. The van der Waals surface area contributed by atoms with E-state index >= 15 is 0 Å². The summed E-state index contributed by atoms with van der Waals surface area (Å²) in [5, 5.41) is 42.4. The average Bonchev–Trinajstić information content (AvgIpc) is 3.10. The number of carbonyl (C=O) groups is 1. The Bertz CT molecular complexity index is 820. The normalized spacial score (nSPS) is 28.1. The summed E-state index contributed by atoms with van der Waals surface area (Å²) < 4.78 is 6.61. The first-order chi connectivity index (χ1) is 12.8. The molecule has 11 nitrogen and oxygen atoms in total. The first-order valence-electron chi connectivity index (χ1n) is 8.28. The number of aliphatic hydroxyl groups excluding tert-OH is 3. The van der Waals surface area contributed by atoms with Crippen LogP contribution in [0.3, 0.4) is 0 Å². The molecule has 0 aromatic heterocycles. The number of hydrogen-bond acceptors (Lipinski definition) is 9. The zero-order valence-corrected chi connectivity index (χ0v) is 14.7. The van der Waals surface area contributed by atoms with Crippen molar-refractivity contribution in [3.05, 3.63) is 24.3 Å². The largest absolute Gasteiger partial charge is 0.479 e. The van der Waals surface area contributed by atoms with Crippen LogP contribution in [-0.2, 0) is 9.53 Å². The molecular weight excluding hydrogens is 358 g/mol. The summed E-state index contributed by atoms with van der Waals surface area (Å²) in [5.74, 6) is -0.727. The number of nitrogens with one attached hydrogen (secondary N) is 1. The first-order valence-corrected chi connectivity index (χ1v) is 8.28. The Balaban J connectivity index is 1.93. The van der Waals surface area contributed by atoms with Crippen LogP contribution in [-0.4, -0.2) is 76.9 Å². The highest BCUT2D eigenvalue weighted by molar-refractivity contribution is 5.73. The Morgan fingerprint density at radius 1 is 1.22 bits per heavy atom. The van der Waals surface area contributed by atoms with Crippen LogP contribution in [0.1, 0.15) is 20.1 Å². The Labute approximate surface area is 154 Å². The van der Waals surface area contributed by atoms with Crippen LogP contribution in [0, 0.1) is 0 Å². The van der Waals surface area contributed by atoms with Crippen molar-refractivity contribution in [3.8, 4) is 11.5 Å². The van der Waals surface area contributed by atoms with Crippen LogP contribution in [0.15, 0.2) is 24.3 Å². The lowest BCUT2D eigenvalue weighted by atomic mass is 9.98. The molecule has 1 fully saturated rings. The number of nitrogens with zero attached hydrogens (tertiary/aromatic N) is 4. The molecule has 5 atom stereocenters. The maximum Gasteiger partial charge on any atom is 0.335 e. The summed E-state index contributed by atoms with van der Waals surface area (Å²) in [6.45, 7) is 4.45. The summed E-state index contributed by atoms with van der Waals surface area (Å²) in [5.41, 5.74) is 1.52. The van der Waals surface area contributed by atoms with E-state index < -0.39 is 36.6 Å². The molecule has 1 saturated heterocycles. The van der Waals surface area contributed by atoms with Crippen LogP contribution in [0.25, 0.3) is 11.5 Å². The Kier molecular flexibility index (Phi) is 5.37. The van der Waals surface area contributed by atoms with E-state index in [9.17, 15) is 25.2 Å². The van der Waals surface area contributed by atoms with Crippen LogP contribution < -0.4 is 5.32 Å². The topological polar surface area (TPSA) is 163 Å². The lowest BCUT2D eigenvalue weighted by Crippen LogP contribution is -2.57. The number of ether oxygens (including phenoxy) is 1. The molecule has 3 rings (SSSR count). The number of carboxylic acids is 1. The van der Waals surface area contributed by atoms with Gasteiger partial charge in [0.25, 0.3) is 0 Å². The molecule has 5 N–H and O–H groups in total. The molecule has 0 amide bonds. The van der Waals surface area contributed by atoms with Crippen molar-refractivity contribution in [1.82, 2.24) is 19.5 Å². The van der Waals surface area contributed by atoms with Gasteiger partial charge in [-0.25, -0.2) is 19.7 Å². The quantitative estimate of drug-likeness (QED) is 0.416. The standard InChI is InChI=1S/C16H21N5O6/c1-7(2)3-4-17-13-8-14(19-5-18-8)21(6-20-13)15-11(24)9(22)10(23)12(27-15)16(25)26/h3,5-6,9-12,15,17,22-24H,4H2,1-2H3,(H,25,26)/t9-,10-,11+,12-,15+/m0/s1. The highest BCUT2D eigenvalue weighted by atomic mass is 16.6. The number of imidazole rings is 1. The zero-order valence-electron chi connectivity index (χ0n) is 14.7. The Morgan fingerprint density at radius 2 is 1.96 bits per heavy atom. The molecule has 0 unspecified atom stereocenters. The lowest BCUT2D eigenvalue weighted by molar-refractivity contribution is -0.246. The van der Waals surface area contributed by atoms with E-state index in [0.717, 1.165) is 5.57 Å². The minimum atomic E-state index is -1.77. The maximum absolute atomic E-state index is 11.3. The molecule has 0 aliphatic carbocycles. The molecule has 0 spiro atoms. The minimum Gasteiger partial charge on any atom is -0.479 e. The van der Waals surface area contributed by atoms with Crippen LogP contribution >= 0.6 is 0 Å². The van der Waals surface area contributed by atoms with Gasteiger partial charge in [-0.05, 0) is 13.8 Å². The van der Waals surface area contributed by atoms with Gasteiger partial charge in [0.1, 0.15) is 31.0 Å². The number of allylic oxidation sites excluding steroid dienone is 1. The number of aliphatic hydroxyl groups is 3. The van der Waals surface area contributed by atoms with E-state index in [1.165, 1.54) is 17.2 Å². The van der Waals surface area contributed by atoms with E-state index in [0.29, 0.717) is 18.1 Å². The SMILES string of the molecule is CC(C)=CCNc1ncn([C@@H]2O[C@H](C(=O)O)[C@@H](O)[C@H](O)[C@H]2O)c2ncnc1-2. The van der Waals surface area contributed by atoms with Crippen molar-refractivity contribution >= 4 is 11.8 Å². The highest BCUT2D eigenvalue weighted by Gasteiger charge is 2.48. The molecular formula is C16H21N5O6. The van der Waals surface area contributed by atoms with E-state index in [-0.39, 0.29) is 5.82 Å². The number of rotatable bonds is 5. The number of aromatic nitrogens is 4. The summed E-state index contributed by atoms with van der Waals surface area (Å²) in [7, 11) is 0. The first kappa shape index (κ1) is 19.2. The molecule has 27 heavy (non-hydrogen) atoms. The molecule has 3 heterocycles. The molecule has 3 aliphatic heterocycles. The number of anilines is 1. The van der Waals surface area contributed by atoms with Gasteiger partial charge in [-0.2, -0.15) is 0 Å². The maximum atomic E-state index is 11.3. The van der Waals surface area contributed by atoms with Crippen LogP contribution in [0.4, 0.5) is 5.82 Å². The van der Waals surface area contributed by atoms with Crippen molar-refractivity contribution < 1.29 is 30.0 Å². The second-order valence-corrected chi connectivity index (χ2v) is 6.47. The Morgan fingerprint density at radius 3 is 2.63 bits per heavy atom. The number of carboxylic acid groups (broad SMARTS) is 1. The second-order valence-electron chi connectivity index (χ2n) is 6.47. The fourth-order valence-corrected chi connectivity index (χ4v) is 2.81. The number of fused-ring (bicyclic) bond motifs is 1. The van der Waals surface area contributed by atoms with Gasteiger partial charge in [0.2, 0.25) is 0 Å². The van der Waals surface area contributed by atoms with Gasteiger partial charge in [-0.15, -0.1) is 0 Å². The van der Waals surface area contributed by atoms with Crippen molar-refractivity contribution in [3.63, 3.8) is 0 Å². The van der Waals surface area contributed by atoms with E-state index in [2.05, 4.69) is 20.3 Å². The van der Waals surface area contributed by atoms with Gasteiger partial charge in [0, 0.05) is 6.54 Å². The van der Waals surface area contributed by atoms with Crippen LogP contribution in [0.5, 0.6) is 0 Å². The second kappa shape index (κ2) is 7.56. The van der Waals surface area contributed by atoms with Gasteiger partial charge >= 0.3 is 5.97 Å². The third kappa shape index (κ3) is 3.62. The lowest BCUT2D eigenvalue weighted by Gasteiger charge is -2.39. The zero-order chi connectivity index (χ0) is 19.7. The third-order valence-corrected chi connectivity index (χ3v) is 4.24. The van der Waals surface area contributed by atoms with Gasteiger partial charge < -0.3 is 30.5 Å². The molecule has 11 heteroatoms. The third-order valence-electron chi connectivity index (χ3n) is 4.24. The molecule has 0 saturated carbocycles. The monoisotopic (exact) mass is 379 g/mol. The predicted molar refractivity (Wildman–Crippen MR) is 91.9 cm³/mol. The van der Waals surface area contributed by atoms with E-state index in [1.807, 2.05) is 19.9 Å². The fourth-order valence-electron chi connectivity index (χ4n) is 2.81. The summed E-state index contributed by atoms with van der Waals surface area (Å²) in [4.78, 5) is 23.8. The van der Waals surface area contributed by atoms with Crippen molar-refractivity contribution in [1.29, 1.82) is 0 Å². The minimum absolute atomic E-state index is 0.279. The summed E-state index contributed by atoms with van der Waals surface area (Å²) >= 11 is 0. The van der Waals surface area contributed by atoms with Crippen LogP contribution in [0.2, 0.25) is 0 Å². The summed E-state index contributed by atoms with van der Waals surface area (Å²) in [6, 6.07) is 0. The van der Waals surface area contributed by atoms with Gasteiger partial charge in [0.05, 0.1) is 0 Å². The number of aliphatic carboxylic acids is 1. The van der Waals surface area contributed by atoms with E-state index in [4.69, 9.17) is 4.74 Å². The van der Waals surface area contributed by atoms with E-state index in [1.54, 1.807) is 0 Å². The van der Waals surface area contributed by atoms with Crippen molar-refractivity contribution in [2.24, 2.45) is 0 Å². The molecule has 0 aromatic rings. The smallest absolute Gasteiger partial charge is 0.335 e. The molecule has 0 bridgehead atoms. The van der Waals surface area contributed by atoms with Gasteiger partial charge in [-0.1, -0.05) is 11.6 Å². The molecule has 0 aromatic carbocycles. The van der Waals surface area contributed by atoms with Gasteiger partial charge in [0.15, 0.2) is 29.7 Å². The fraction of sp³-hybridized carbons (Fsp3) is 0.500. The van der Waals surface area contributed by atoms with Crippen molar-refractivity contribution in [2.45, 2.75) is 44.5 Å².